The van der Waals surface area contributed by atoms with Gasteiger partial charge >= 0.3 is 0 Å². The van der Waals surface area contributed by atoms with Gasteiger partial charge in [-0.25, -0.2) is 8.42 Å². The first kappa shape index (κ1) is 26.5. The van der Waals surface area contributed by atoms with Gasteiger partial charge in [0.15, 0.2) is 0 Å². The van der Waals surface area contributed by atoms with Crippen molar-refractivity contribution in [2.75, 3.05) is 13.6 Å². The molecule has 0 saturated carbocycles. The van der Waals surface area contributed by atoms with Crippen LogP contribution in [-0.4, -0.2) is 55.1 Å². The summed E-state index contributed by atoms with van der Waals surface area (Å²) in [5, 5.41) is 2.91. The number of likely N-dealkylation sites (N-methyl/N-ethyl adjacent to an activating group) is 1. The minimum Gasteiger partial charge on any atom is -0.352 e. The number of amides is 2. The number of benzene rings is 2. The van der Waals surface area contributed by atoms with E-state index in [4.69, 9.17) is 0 Å². The second-order valence-corrected chi connectivity index (χ2v) is 10.6. The van der Waals surface area contributed by atoms with Crippen molar-refractivity contribution in [2.45, 2.75) is 64.6 Å². The Balaban J connectivity index is 2.26. The largest absolute Gasteiger partial charge is 0.352 e. The molecule has 2 atom stereocenters. The van der Waals surface area contributed by atoms with Crippen LogP contribution < -0.4 is 5.32 Å². The molecular weight excluding hydrogens is 438 g/mol. The summed E-state index contributed by atoms with van der Waals surface area (Å²) in [5.74, 6) is -0.714. The molecule has 7 nitrogen and oxygen atoms in total. The predicted octanol–water partition coefficient (Wildman–Crippen LogP) is 3.26. The van der Waals surface area contributed by atoms with Crippen LogP contribution in [0, 0.1) is 13.8 Å². The fraction of sp³-hybridized carbons (Fsp3) is 0.440. The van der Waals surface area contributed by atoms with Crippen molar-refractivity contribution in [3.8, 4) is 0 Å². The third kappa shape index (κ3) is 7.14. The van der Waals surface area contributed by atoms with Gasteiger partial charge in [-0.2, -0.15) is 4.31 Å². The van der Waals surface area contributed by atoms with E-state index in [1.165, 1.54) is 24.1 Å². The summed E-state index contributed by atoms with van der Waals surface area (Å²) < 4.78 is 27.0. The molecule has 0 aromatic heterocycles. The highest BCUT2D eigenvalue weighted by atomic mass is 32.2. The van der Waals surface area contributed by atoms with Gasteiger partial charge < -0.3 is 10.2 Å². The molecule has 0 saturated heterocycles. The number of carbonyl (C=O) groups is 2. The van der Waals surface area contributed by atoms with Gasteiger partial charge in [0.25, 0.3) is 0 Å². The molecule has 0 heterocycles. The van der Waals surface area contributed by atoms with Crippen LogP contribution in [0.2, 0.25) is 0 Å². The second-order valence-electron chi connectivity index (χ2n) is 8.58. The average molecular weight is 474 g/mol. The first-order valence-electron chi connectivity index (χ1n) is 11.1. The number of sulfonamides is 1. The zero-order valence-corrected chi connectivity index (χ0v) is 21.1. The topological polar surface area (TPSA) is 86.8 Å². The molecule has 1 N–H and O–H groups in total. The molecule has 0 bridgehead atoms. The SMILES string of the molecule is CC[C@H](C)NC(=O)[C@@H](C)N(Cc1ccc(C)cc1)C(=O)CN(C)S(=O)(=O)c1ccc(C)cc1. The molecule has 0 spiro atoms. The number of carbonyl (C=O) groups excluding carboxylic acids is 2. The Kier molecular flexibility index (Phi) is 9.19. The van der Waals surface area contributed by atoms with Gasteiger partial charge in [0.05, 0.1) is 11.4 Å². The van der Waals surface area contributed by atoms with Crippen LogP contribution >= 0.6 is 0 Å². The number of aryl methyl sites for hydroxylation is 2. The molecule has 2 rings (SSSR count). The third-order valence-corrected chi connectivity index (χ3v) is 7.55. The molecule has 0 unspecified atom stereocenters. The molecule has 0 aliphatic carbocycles. The zero-order valence-electron chi connectivity index (χ0n) is 20.3. The van der Waals surface area contributed by atoms with E-state index in [2.05, 4.69) is 5.32 Å². The summed E-state index contributed by atoms with van der Waals surface area (Å²) >= 11 is 0. The Bertz CT molecular complexity index is 1050. The third-order valence-electron chi connectivity index (χ3n) is 5.73. The molecule has 0 radical (unpaired) electrons. The fourth-order valence-electron chi connectivity index (χ4n) is 3.19. The Morgan fingerprint density at radius 3 is 1.97 bits per heavy atom. The van der Waals surface area contributed by atoms with E-state index >= 15 is 0 Å². The lowest BCUT2D eigenvalue weighted by Gasteiger charge is -2.31. The predicted molar refractivity (Wildman–Crippen MR) is 130 cm³/mol. The Labute approximate surface area is 197 Å². The maximum atomic E-state index is 13.3. The van der Waals surface area contributed by atoms with Gasteiger partial charge in [-0.05, 0) is 51.8 Å². The van der Waals surface area contributed by atoms with E-state index in [0.29, 0.717) is 0 Å². The summed E-state index contributed by atoms with van der Waals surface area (Å²) in [5.41, 5.74) is 2.89. The fourth-order valence-corrected chi connectivity index (χ4v) is 4.32. The molecule has 0 aliphatic heterocycles. The van der Waals surface area contributed by atoms with Gasteiger partial charge in [-0.3, -0.25) is 9.59 Å². The number of rotatable bonds is 10. The standard InChI is InChI=1S/C25H35N3O4S/c1-7-20(4)26-25(30)21(5)28(16-22-12-8-18(2)9-13-22)24(29)17-27(6)33(31,32)23-14-10-19(3)11-15-23/h8-15,20-21H,7,16-17H2,1-6H3,(H,26,30)/t20-,21+/m0/s1. The minimum absolute atomic E-state index is 0.0270. The Morgan fingerprint density at radius 1 is 0.939 bits per heavy atom. The highest BCUT2D eigenvalue weighted by Crippen LogP contribution is 2.17. The molecular formula is C25H35N3O4S. The lowest BCUT2D eigenvalue weighted by Crippen LogP contribution is -2.51. The van der Waals surface area contributed by atoms with Crippen LogP contribution in [0.1, 0.15) is 43.9 Å². The summed E-state index contributed by atoms with van der Waals surface area (Å²) in [6.07, 6.45) is 0.766. The van der Waals surface area contributed by atoms with Crippen molar-refractivity contribution in [1.82, 2.24) is 14.5 Å². The van der Waals surface area contributed by atoms with E-state index < -0.39 is 22.0 Å². The van der Waals surface area contributed by atoms with E-state index in [1.54, 1.807) is 19.1 Å². The second kappa shape index (κ2) is 11.4. The van der Waals surface area contributed by atoms with Crippen LogP contribution in [-0.2, 0) is 26.2 Å². The summed E-state index contributed by atoms with van der Waals surface area (Å²) in [6, 6.07) is 13.4. The zero-order chi connectivity index (χ0) is 24.8. The van der Waals surface area contributed by atoms with Crippen LogP contribution in [0.15, 0.2) is 53.4 Å². The maximum Gasteiger partial charge on any atom is 0.243 e. The minimum atomic E-state index is -3.85. The maximum absolute atomic E-state index is 13.3. The molecule has 180 valence electrons. The molecule has 8 heteroatoms. The highest BCUT2D eigenvalue weighted by Gasteiger charge is 2.30. The van der Waals surface area contributed by atoms with E-state index in [1.807, 2.05) is 52.0 Å². The van der Waals surface area contributed by atoms with Crippen LogP contribution in [0.4, 0.5) is 0 Å². The van der Waals surface area contributed by atoms with Crippen LogP contribution in [0.25, 0.3) is 0 Å². The number of nitrogens with one attached hydrogen (secondary N) is 1. The van der Waals surface area contributed by atoms with Gasteiger partial charge in [0.2, 0.25) is 21.8 Å². The number of hydrogen-bond donors (Lipinski definition) is 1. The van der Waals surface area contributed by atoms with E-state index in [0.717, 1.165) is 27.4 Å². The molecule has 0 fully saturated rings. The monoisotopic (exact) mass is 473 g/mol. The summed E-state index contributed by atoms with van der Waals surface area (Å²) in [7, 11) is -2.47. The normalized spacial score (nSPS) is 13.4. The van der Waals surface area contributed by atoms with Crippen LogP contribution in [0.5, 0.6) is 0 Å². The van der Waals surface area contributed by atoms with E-state index in [-0.39, 0.29) is 29.9 Å². The number of nitrogens with zero attached hydrogens (tertiary/aromatic N) is 2. The van der Waals surface area contributed by atoms with Gasteiger partial charge in [-0.1, -0.05) is 54.4 Å². The quantitative estimate of drug-likeness (QED) is 0.574. The van der Waals surface area contributed by atoms with Crippen molar-refractivity contribution in [2.24, 2.45) is 0 Å². The lowest BCUT2D eigenvalue weighted by atomic mass is 10.1. The van der Waals surface area contributed by atoms with Gasteiger partial charge in [0, 0.05) is 19.6 Å². The van der Waals surface area contributed by atoms with Crippen molar-refractivity contribution < 1.29 is 18.0 Å². The van der Waals surface area contributed by atoms with Gasteiger partial charge in [-0.15, -0.1) is 0 Å². The van der Waals surface area contributed by atoms with E-state index in [9.17, 15) is 18.0 Å². The first-order chi connectivity index (χ1) is 15.4. The molecule has 2 aromatic carbocycles. The van der Waals surface area contributed by atoms with Crippen molar-refractivity contribution >= 4 is 21.8 Å². The average Bonchev–Trinajstić information content (AvgIpc) is 2.78. The summed E-state index contributed by atoms with van der Waals surface area (Å²) in [4.78, 5) is 27.7. The first-order valence-corrected chi connectivity index (χ1v) is 12.6. The van der Waals surface area contributed by atoms with Gasteiger partial charge in [0.1, 0.15) is 6.04 Å². The highest BCUT2D eigenvalue weighted by molar-refractivity contribution is 7.89. The lowest BCUT2D eigenvalue weighted by molar-refractivity contribution is -0.140. The van der Waals surface area contributed by atoms with Crippen LogP contribution in [0.3, 0.4) is 0 Å². The number of hydrogen-bond acceptors (Lipinski definition) is 4. The molecule has 0 aliphatic rings. The molecule has 2 aromatic rings. The summed E-state index contributed by atoms with van der Waals surface area (Å²) in [6.45, 7) is 9.21. The Morgan fingerprint density at radius 2 is 1.45 bits per heavy atom. The van der Waals surface area contributed by atoms with Crippen molar-refractivity contribution in [3.63, 3.8) is 0 Å². The van der Waals surface area contributed by atoms with Crippen molar-refractivity contribution in [3.05, 3.63) is 65.2 Å². The van der Waals surface area contributed by atoms with Crippen molar-refractivity contribution in [1.29, 1.82) is 0 Å². The molecule has 33 heavy (non-hydrogen) atoms. The molecule has 2 amide bonds. The smallest absolute Gasteiger partial charge is 0.243 e. The Hall–Kier alpha value is -2.71.